The van der Waals surface area contributed by atoms with Crippen molar-refractivity contribution in [3.63, 3.8) is 0 Å². The maximum absolute atomic E-state index is 13.1. The Labute approximate surface area is 147 Å². The SMILES string of the molecule is CCCON1C(C)(C)CC2(CC1(C)C)OC1(CCCCC1)CC2=O. The Morgan fingerprint density at radius 1 is 1.04 bits per heavy atom. The smallest absolute Gasteiger partial charge is 0.167 e. The van der Waals surface area contributed by atoms with Crippen LogP contribution in [0.3, 0.4) is 0 Å². The molecule has 1 aliphatic carbocycles. The Morgan fingerprint density at radius 3 is 2.17 bits per heavy atom. The molecule has 4 nitrogen and oxygen atoms in total. The summed E-state index contributed by atoms with van der Waals surface area (Å²) < 4.78 is 6.72. The monoisotopic (exact) mass is 337 g/mol. The van der Waals surface area contributed by atoms with Crippen LogP contribution in [0, 0.1) is 0 Å². The molecule has 3 aliphatic rings. The van der Waals surface area contributed by atoms with Crippen LogP contribution in [0.25, 0.3) is 0 Å². The van der Waals surface area contributed by atoms with Crippen molar-refractivity contribution in [2.24, 2.45) is 0 Å². The van der Waals surface area contributed by atoms with Gasteiger partial charge in [-0.15, -0.1) is 0 Å². The lowest BCUT2D eigenvalue weighted by Gasteiger charge is -2.56. The molecule has 3 fully saturated rings. The molecule has 4 heteroatoms. The number of carbonyl (C=O) groups excluding carboxylic acids is 1. The average Bonchev–Trinajstić information content (AvgIpc) is 2.68. The summed E-state index contributed by atoms with van der Waals surface area (Å²) in [6.07, 6.45) is 8.85. The van der Waals surface area contributed by atoms with Gasteiger partial charge in [-0.05, 0) is 47.0 Å². The van der Waals surface area contributed by atoms with Crippen molar-refractivity contribution in [2.45, 2.75) is 115 Å². The summed E-state index contributed by atoms with van der Waals surface area (Å²) in [5.41, 5.74) is -1.22. The van der Waals surface area contributed by atoms with Gasteiger partial charge in [0.25, 0.3) is 0 Å². The quantitative estimate of drug-likeness (QED) is 0.764. The van der Waals surface area contributed by atoms with Crippen molar-refractivity contribution in [3.05, 3.63) is 0 Å². The largest absolute Gasteiger partial charge is 0.360 e. The first-order valence-electron chi connectivity index (χ1n) is 9.82. The highest BCUT2D eigenvalue weighted by Gasteiger charge is 2.63. The van der Waals surface area contributed by atoms with Crippen LogP contribution in [0.2, 0.25) is 0 Å². The lowest BCUT2D eigenvalue weighted by Crippen LogP contribution is -2.66. The van der Waals surface area contributed by atoms with E-state index in [4.69, 9.17) is 9.57 Å². The lowest BCUT2D eigenvalue weighted by atomic mass is 9.70. The molecule has 3 rings (SSSR count). The maximum atomic E-state index is 13.1. The van der Waals surface area contributed by atoms with E-state index in [1.165, 1.54) is 19.3 Å². The van der Waals surface area contributed by atoms with E-state index >= 15 is 0 Å². The van der Waals surface area contributed by atoms with Crippen LogP contribution in [0.1, 0.15) is 92.4 Å². The van der Waals surface area contributed by atoms with Crippen LogP contribution in [0.15, 0.2) is 0 Å². The van der Waals surface area contributed by atoms with Crippen LogP contribution in [0.4, 0.5) is 0 Å². The predicted molar refractivity (Wildman–Crippen MR) is 94.7 cm³/mol. The van der Waals surface area contributed by atoms with E-state index in [1.807, 2.05) is 0 Å². The highest BCUT2D eigenvalue weighted by Crippen LogP contribution is 2.54. The summed E-state index contributed by atoms with van der Waals surface area (Å²) in [5, 5.41) is 2.14. The molecule has 0 bridgehead atoms. The Kier molecular flexibility index (Phi) is 4.64. The zero-order valence-corrected chi connectivity index (χ0v) is 16.2. The van der Waals surface area contributed by atoms with Crippen molar-refractivity contribution in [3.8, 4) is 0 Å². The number of piperidine rings is 1. The van der Waals surface area contributed by atoms with Gasteiger partial charge in [-0.2, -0.15) is 5.06 Å². The van der Waals surface area contributed by atoms with Gasteiger partial charge in [-0.1, -0.05) is 26.2 Å². The third-order valence-corrected chi connectivity index (χ3v) is 6.13. The minimum atomic E-state index is -0.615. The summed E-state index contributed by atoms with van der Waals surface area (Å²) in [7, 11) is 0. The van der Waals surface area contributed by atoms with E-state index in [1.54, 1.807) is 0 Å². The van der Waals surface area contributed by atoms with Crippen LogP contribution < -0.4 is 0 Å². The highest BCUT2D eigenvalue weighted by atomic mass is 16.7. The van der Waals surface area contributed by atoms with E-state index in [-0.39, 0.29) is 16.7 Å². The minimum Gasteiger partial charge on any atom is -0.360 e. The van der Waals surface area contributed by atoms with Crippen LogP contribution >= 0.6 is 0 Å². The number of hydrogen-bond acceptors (Lipinski definition) is 4. The molecule has 0 amide bonds. The molecular weight excluding hydrogens is 302 g/mol. The molecule has 0 unspecified atom stereocenters. The number of nitrogens with zero attached hydrogens (tertiary/aromatic N) is 1. The van der Waals surface area contributed by atoms with E-state index in [9.17, 15) is 4.79 Å². The number of ketones is 1. The first-order chi connectivity index (χ1) is 11.1. The fourth-order valence-electron chi connectivity index (χ4n) is 5.66. The molecule has 2 saturated heterocycles. The fraction of sp³-hybridized carbons (Fsp3) is 0.950. The van der Waals surface area contributed by atoms with Crippen molar-refractivity contribution >= 4 is 5.78 Å². The van der Waals surface area contributed by atoms with Gasteiger partial charge in [-0.25, -0.2) is 0 Å². The van der Waals surface area contributed by atoms with Gasteiger partial charge in [0.15, 0.2) is 5.78 Å². The van der Waals surface area contributed by atoms with Crippen molar-refractivity contribution in [1.29, 1.82) is 0 Å². The molecule has 138 valence electrons. The number of Topliss-reactive ketones (excluding diaryl/α,β-unsaturated/α-hetero) is 1. The van der Waals surface area contributed by atoms with Gasteiger partial charge in [-0.3, -0.25) is 9.63 Å². The summed E-state index contributed by atoms with van der Waals surface area (Å²) in [6.45, 7) is 11.6. The first-order valence-corrected chi connectivity index (χ1v) is 9.82. The summed E-state index contributed by atoms with van der Waals surface area (Å²) in [5.74, 6) is 0.334. The molecular formula is C20H35NO3. The van der Waals surface area contributed by atoms with Crippen molar-refractivity contribution in [2.75, 3.05) is 6.61 Å². The molecule has 0 radical (unpaired) electrons. The van der Waals surface area contributed by atoms with E-state index in [2.05, 4.69) is 39.7 Å². The number of carbonyl (C=O) groups is 1. The topological polar surface area (TPSA) is 38.8 Å². The van der Waals surface area contributed by atoms with Gasteiger partial charge in [0.05, 0.1) is 12.2 Å². The van der Waals surface area contributed by atoms with Crippen molar-refractivity contribution < 1.29 is 14.4 Å². The highest BCUT2D eigenvalue weighted by molar-refractivity contribution is 5.90. The maximum Gasteiger partial charge on any atom is 0.167 e. The molecule has 24 heavy (non-hydrogen) atoms. The number of rotatable bonds is 3. The molecule has 0 aromatic heterocycles. The van der Waals surface area contributed by atoms with Gasteiger partial charge in [0.2, 0.25) is 0 Å². The molecule has 2 spiro atoms. The second-order valence-corrected chi connectivity index (χ2v) is 9.55. The third kappa shape index (κ3) is 3.06. The number of ether oxygens (including phenoxy) is 1. The zero-order chi connectivity index (χ0) is 17.6. The third-order valence-electron chi connectivity index (χ3n) is 6.13. The Morgan fingerprint density at radius 2 is 1.62 bits per heavy atom. The van der Waals surface area contributed by atoms with E-state index < -0.39 is 5.60 Å². The van der Waals surface area contributed by atoms with Gasteiger partial charge >= 0.3 is 0 Å². The predicted octanol–water partition coefficient (Wildman–Crippen LogP) is 4.41. The molecule has 0 aromatic carbocycles. The van der Waals surface area contributed by atoms with Crippen LogP contribution in [-0.4, -0.2) is 39.7 Å². The first kappa shape index (κ1) is 18.3. The number of hydrogen-bond donors (Lipinski definition) is 0. The second-order valence-electron chi connectivity index (χ2n) is 9.55. The standard InChI is InChI=1S/C20H35NO3/c1-6-12-23-21-17(2,3)14-20(15-18(21,4)5)16(22)13-19(24-20)10-8-7-9-11-19/h6-15H2,1-5H3. The average molecular weight is 338 g/mol. The summed E-state index contributed by atoms with van der Waals surface area (Å²) >= 11 is 0. The van der Waals surface area contributed by atoms with E-state index in [0.29, 0.717) is 12.2 Å². The molecule has 0 N–H and O–H groups in total. The second kappa shape index (κ2) is 6.07. The fourth-order valence-corrected chi connectivity index (χ4v) is 5.66. The van der Waals surface area contributed by atoms with Crippen LogP contribution in [-0.2, 0) is 14.4 Å². The summed E-state index contributed by atoms with van der Waals surface area (Å²) in [6, 6.07) is 0. The number of hydroxylamine groups is 2. The zero-order valence-electron chi connectivity index (χ0n) is 16.2. The Balaban J connectivity index is 1.86. The van der Waals surface area contributed by atoms with Crippen molar-refractivity contribution in [1.82, 2.24) is 5.06 Å². The van der Waals surface area contributed by atoms with Gasteiger partial charge in [0, 0.05) is 30.3 Å². The molecule has 2 aliphatic heterocycles. The molecule has 1 saturated carbocycles. The Hall–Kier alpha value is -0.450. The Bertz CT molecular complexity index is 473. The molecule has 0 atom stereocenters. The summed E-state index contributed by atoms with van der Waals surface area (Å²) in [4.78, 5) is 19.2. The normalized spacial score (nSPS) is 31.0. The van der Waals surface area contributed by atoms with Gasteiger partial charge in [0.1, 0.15) is 5.60 Å². The van der Waals surface area contributed by atoms with Crippen LogP contribution in [0.5, 0.6) is 0 Å². The lowest BCUT2D eigenvalue weighted by molar-refractivity contribution is -0.309. The molecule has 2 heterocycles. The van der Waals surface area contributed by atoms with E-state index in [0.717, 1.165) is 38.7 Å². The van der Waals surface area contributed by atoms with Gasteiger partial charge < -0.3 is 4.74 Å². The minimum absolute atomic E-state index is 0.173. The molecule has 0 aromatic rings.